The topological polar surface area (TPSA) is 201 Å². The molecule has 15 nitrogen and oxygen atoms in total. The van der Waals surface area contributed by atoms with E-state index in [4.69, 9.17) is 5.73 Å². The fourth-order valence-corrected chi connectivity index (χ4v) is 7.76. The molecule has 40 heavy (non-hydrogen) atoms. The zero-order valence-corrected chi connectivity index (χ0v) is 23.3. The van der Waals surface area contributed by atoms with Gasteiger partial charge in [0, 0.05) is 60.9 Å². The van der Waals surface area contributed by atoms with Crippen LogP contribution in [0.4, 0.5) is 0 Å². The van der Waals surface area contributed by atoms with Gasteiger partial charge < -0.3 is 36.6 Å². The monoisotopic (exact) mass is 576 g/mol. The molecule has 0 aliphatic carbocycles. The molecular weight excluding hydrogens is 540 g/mol. The number of thioether (sulfide) groups is 1. The number of carbonyl (C=O) groups excluding carboxylic acids is 3. The molecule has 0 bridgehead atoms. The quantitative estimate of drug-likeness (QED) is 0.175. The zero-order valence-electron chi connectivity index (χ0n) is 22.5. The molecule has 4 aliphatic heterocycles. The summed E-state index contributed by atoms with van der Waals surface area (Å²) in [4.78, 5) is 55.0. The third-order valence-electron chi connectivity index (χ3n) is 8.18. The van der Waals surface area contributed by atoms with Gasteiger partial charge >= 0.3 is 5.97 Å². The first kappa shape index (κ1) is 28.4. The summed E-state index contributed by atoms with van der Waals surface area (Å²) in [7, 11) is 0. The highest BCUT2D eigenvalue weighted by atomic mass is 32.2. The summed E-state index contributed by atoms with van der Waals surface area (Å²) in [6.45, 7) is 6.80. The summed E-state index contributed by atoms with van der Waals surface area (Å²) < 4.78 is 1.28. The lowest BCUT2D eigenvalue weighted by Gasteiger charge is -2.47. The van der Waals surface area contributed by atoms with Crippen molar-refractivity contribution in [1.82, 2.24) is 46.0 Å². The standard InChI is InChI=1S/C24H36N10O5S/c1-12-19-18(13(2)29-17(35)10-33-11-28-30-31-33)23(37)34(19)20(24(38)39)21(12)40-15-7-16(27-8-15)22(36)32-6-3-14(9-32)26-5-4-25/h11-16,18-19,26-27H,3-10,25H2,1-2H3,(H,29,35)(H,38,39)/t12-,13-,14-,15+,16+,18-,19-/m1/s1. The summed E-state index contributed by atoms with van der Waals surface area (Å²) in [6.07, 6.45) is 2.80. The first-order chi connectivity index (χ1) is 19.2. The number of hydrogen-bond acceptors (Lipinski definition) is 11. The van der Waals surface area contributed by atoms with Gasteiger partial charge in [-0.3, -0.25) is 14.4 Å². The molecule has 1 aromatic rings. The number of tetrazole rings is 1. The Morgan fingerprint density at radius 2 is 2.15 bits per heavy atom. The number of fused-ring (bicyclic) bond motifs is 1. The van der Waals surface area contributed by atoms with E-state index < -0.39 is 17.9 Å². The second-order valence-electron chi connectivity index (χ2n) is 10.8. The number of likely N-dealkylation sites (tertiary alicyclic amines) is 1. The summed E-state index contributed by atoms with van der Waals surface area (Å²) in [5.41, 5.74) is 5.59. The van der Waals surface area contributed by atoms with Crippen LogP contribution in [-0.4, -0.2) is 121 Å². The van der Waals surface area contributed by atoms with Crippen molar-refractivity contribution in [2.75, 3.05) is 32.7 Å². The largest absolute Gasteiger partial charge is 0.477 e. The number of hydrogen-bond donors (Lipinski definition) is 5. The lowest BCUT2D eigenvalue weighted by Crippen LogP contribution is -2.66. The van der Waals surface area contributed by atoms with E-state index >= 15 is 0 Å². The van der Waals surface area contributed by atoms with E-state index in [1.54, 1.807) is 6.92 Å². The molecule has 16 heteroatoms. The molecule has 0 saturated carbocycles. The van der Waals surface area contributed by atoms with Crippen LogP contribution in [0.5, 0.6) is 0 Å². The number of aromatic nitrogens is 4. The highest BCUT2D eigenvalue weighted by Crippen LogP contribution is 2.51. The van der Waals surface area contributed by atoms with Crippen LogP contribution in [0.2, 0.25) is 0 Å². The molecule has 0 spiro atoms. The van der Waals surface area contributed by atoms with Crippen molar-refractivity contribution in [2.45, 2.75) is 62.7 Å². The van der Waals surface area contributed by atoms with Crippen LogP contribution in [-0.2, 0) is 25.7 Å². The highest BCUT2D eigenvalue weighted by Gasteiger charge is 2.60. The van der Waals surface area contributed by atoms with Crippen LogP contribution < -0.4 is 21.7 Å². The van der Waals surface area contributed by atoms with Crippen LogP contribution in [0.1, 0.15) is 26.7 Å². The molecule has 0 aromatic carbocycles. The van der Waals surface area contributed by atoms with Crippen LogP contribution in [0.25, 0.3) is 0 Å². The highest BCUT2D eigenvalue weighted by molar-refractivity contribution is 8.03. The number of aliphatic carboxylic acids is 1. The average molecular weight is 577 g/mol. The number of nitrogens with two attached hydrogens (primary N) is 1. The molecule has 5 rings (SSSR count). The molecule has 0 unspecified atom stereocenters. The summed E-state index contributed by atoms with van der Waals surface area (Å²) in [6, 6.07) is -0.932. The molecule has 3 amide bonds. The normalized spacial score (nSPS) is 30.4. The Bertz CT molecular complexity index is 1180. The number of nitrogens with one attached hydrogen (secondary N) is 3. The van der Waals surface area contributed by atoms with E-state index in [1.807, 2.05) is 11.8 Å². The second-order valence-corrected chi connectivity index (χ2v) is 12.2. The molecule has 3 fully saturated rings. The number of rotatable bonds is 11. The van der Waals surface area contributed by atoms with E-state index in [-0.39, 0.29) is 59.3 Å². The molecule has 7 atom stereocenters. The fraction of sp³-hybridized carbons (Fsp3) is 0.708. The molecule has 218 valence electrons. The third kappa shape index (κ3) is 5.44. The predicted octanol–water partition coefficient (Wildman–Crippen LogP) is -2.44. The first-order valence-corrected chi connectivity index (χ1v) is 14.5. The maximum atomic E-state index is 13.2. The summed E-state index contributed by atoms with van der Waals surface area (Å²) >= 11 is 1.45. The van der Waals surface area contributed by atoms with Gasteiger partial charge in [-0.1, -0.05) is 6.92 Å². The van der Waals surface area contributed by atoms with Gasteiger partial charge in [-0.25, -0.2) is 9.48 Å². The Morgan fingerprint density at radius 1 is 1.35 bits per heavy atom. The SMILES string of the molecule is C[C@@H](NC(=O)Cn1cnnn1)[C@H]1C(=O)N2C(C(=O)O)=C(S[C@@H]3CN[C@H](C(=O)N4CC[C@@H](NCCN)C4)C3)[C@H](C)[C@H]12. The van der Waals surface area contributed by atoms with Gasteiger partial charge in [0.15, 0.2) is 0 Å². The van der Waals surface area contributed by atoms with Gasteiger partial charge in [0.2, 0.25) is 17.7 Å². The molecule has 0 radical (unpaired) electrons. The van der Waals surface area contributed by atoms with E-state index in [2.05, 4.69) is 31.5 Å². The van der Waals surface area contributed by atoms with Gasteiger partial charge in [-0.2, -0.15) is 0 Å². The van der Waals surface area contributed by atoms with E-state index in [1.165, 1.54) is 27.7 Å². The number of carbonyl (C=O) groups is 4. The number of β-lactam (4-membered cyclic amide) rings is 1. The first-order valence-electron chi connectivity index (χ1n) is 13.6. The molecule has 4 aliphatic rings. The van der Waals surface area contributed by atoms with E-state index in [0.29, 0.717) is 37.5 Å². The lowest BCUT2D eigenvalue weighted by molar-refractivity contribution is -0.158. The Balaban J connectivity index is 1.19. The number of nitrogens with zero attached hydrogens (tertiary/aromatic N) is 6. The van der Waals surface area contributed by atoms with Crippen molar-refractivity contribution in [1.29, 1.82) is 0 Å². The number of carboxylic acids is 1. The Morgan fingerprint density at radius 3 is 2.85 bits per heavy atom. The summed E-state index contributed by atoms with van der Waals surface area (Å²) in [5, 5.41) is 30.2. The van der Waals surface area contributed by atoms with Gasteiger partial charge in [0.25, 0.3) is 0 Å². The second kappa shape index (κ2) is 11.8. The van der Waals surface area contributed by atoms with Crippen molar-refractivity contribution in [3.05, 3.63) is 16.9 Å². The van der Waals surface area contributed by atoms with Crippen molar-refractivity contribution in [2.24, 2.45) is 17.6 Å². The van der Waals surface area contributed by atoms with Crippen LogP contribution in [0, 0.1) is 11.8 Å². The van der Waals surface area contributed by atoms with Crippen molar-refractivity contribution in [3.8, 4) is 0 Å². The zero-order chi connectivity index (χ0) is 28.6. The lowest BCUT2D eigenvalue weighted by atomic mass is 9.78. The third-order valence-corrected chi connectivity index (χ3v) is 9.69. The molecular formula is C24H36N10O5S. The smallest absolute Gasteiger partial charge is 0.353 e. The van der Waals surface area contributed by atoms with Gasteiger partial charge in [-0.05, 0) is 30.2 Å². The van der Waals surface area contributed by atoms with Crippen molar-refractivity contribution >= 4 is 35.5 Å². The molecule has 6 N–H and O–H groups in total. The Hall–Kier alpha value is -3.08. The van der Waals surface area contributed by atoms with E-state index in [9.17, 15) is 24.3 Å². The van der Waals surface area contributed by atoms with Gasteiger partial charge in [0.1, 0.15) is 18.6 Å². The maximum Gasteiger partial charge on any atom is 0.353 e. The minimum absolute atomic E-state index is 0.00446. The molecule has 3 saturated heterocycles. The molecule has 5 heterocycles. The minimum atomic E-state index is -1.15. The average Bonchev–Trinajstić information content (AvgIpc) is 3.71. The van der Waals surface area contributed by atoms with Crippen LogP contribution >= 0.6 is 11.8 Å². The maximum absolute atomic E-state index is 13.2. The number of amides is 3. The van der Waals surface area contributed by atoms with Gasteiger partial charge in [-0.15, -0.1) is 16.9 Å². The Labute approximate surface area is 235 Å². The summed E-state index contributed by atoms with van der Waals surface area (Å²) in [5.74, 6) is -2.51. The fourth-order valence-electron chi connectivity index (χ4n) is 6.28. The minimum Gasteiger partial charge on any atom is -0.477 e. The predicted molar refractivity (Wildman–Crippen MR) is 143 cm³/mol. The number of carboxylic acid groups (broad SMARTS) is 1. The van der Waals surface area contributed by atoms with E-state index in [0.717, 1.165) is 13.0 Å². The van der Waals surface area contributed by atoms with Crippen LogP contribution in [0.3, 0.4) is 0 Å². The Kier molecular flexibility index (Phi) is 8.39. The van der Waals surface area contributed by atoms with Crippen LogP contribution in [0.15, 0.2) is 16.9 Å². The van der Waals surface area contributed by atoms with Gasteiger partial charge in [0.05, 0.1) is 18.0 Å². The van der Waals surface area contributed by atoms with Crippen molar-refractivity contribution in [3.63, 3.8) is 0 Å². The van der Waals surface area contributed by atoms with Crippen molar-refractivity contribution < 1.29 is 24.3 Å². The molecule has 1 aromatic heterocycles.